The third kappa shape index (κ3) is 5.40. The molecule has 2 rings (SSSR count). The van der Waals surface area contributed by atoms with Crippen molar-refractivity contribution in [2.75, 3.05) is 37.9 Å². The van der Waals surface area contributed by atoms with E-state index in [0.29, 0.717) is 23.0 Å². The van der Waals surface area contributed by atoms with E-state index in [9.17, 15) is 9.59 Å². The van der Waals surface area contributed by atoms with Crippen molar-refractivity contribution in [2.45, 2.75) is 6.92 Å². The number of methoxy groups -OCH3 is 1. The number of benzene rings is 1. The highest BCUT2D eigenvalue weighted by atomic mass is 16.5. The SMILES string of the molecule is COc1cccc(NC(=O)C[NH+](C)CC(=O)Nc2cc(C)on2)c1. The van der Waals surface area contributed by atoms with Crippen molar-refractivity contribution in [2.24, 2.45) is 0 Å². The first-order valence-corrected chi connectivity index (χ1v) is 7.44. The summed E-state index contributed by atoms with van der Waals surface area (Å²) in [5, 5.41) is 9.08. The Morgan fingerprint density at radius 1 is 1.21 bits per heavy atom. The number of nitrogens with zero attached hydrogens (tertiary/aromatic N) is 1. The molecule has 0 aliphatic rings. The van der Waals surface area contributed by atoms with Crippen molar-refractivity contribution in [3.63, 3.8) is 0 Å². The molecule has 1 heterocycles. The fraction of sp³-hybridized carbons (Fsp3) is 0.312. The molecule has 0 saturated heterocycles. The molecule has 1 unspecified atom stereocenters. The highest BCUT2D eigenvalue weighted by molar-refractivity contribution is 5.92. The predicted molar refractivity (Wildman–Crippen MR) is 88.1 cm³/mol. The summed E-state index contributed by atoms with van der Waals surface area (Å²) in [5.74, 6) is 1.21. The third-order valence-corrected chi connectivity index (χ3v) is 3.17. The van der Waals surface area contributed by atoms with Gasteiger partial charge in [0.25, 0.3) is 11.8 Å². The molecule has 0 bridgehead atoms. The molecule has 1 aromatic heterocycles. The lowest BCUT2D eigenvalue weighted by atomic mass is 10.3. The van der Waals surface area contributed by atoms with Crippen LogP contribution < -0.4 is 20.3 Å². The molecule has 0 aliphatic carbocycles. The molecular formula is C16H21N4O4+. The van der Waals surface area contributed by atoms with Crippen molar-refractivity contribution in [1.29, 1.82) is 0 Å². The summed E-state index contributed by atoms with van der Waals surface area (Å²) in [6.07, 6.45) is 0. The number of rotatable bonds is 7. The molecule has 8 nitrogen and oxygen atoms in total. The van der Waals surface area contributed by atoms with Crippen LogP contribution in [0.2, 0.25) is 0 Å². The molecule has 3 N–H and O–H groups in total. The fourth-order valence-corrected chi connectivity index (χ4v) is 2.13. The number of aromatic nitrogens is 1. The van der Waals surface area contributed by atoms with E-state index in [2.05, 4.69) is 15.8 Å². The van der Waals surface area contributed by atoms with Gasteiger partial charge < -0.3 is 24.8 Å². The van der Waals surface area contributed by atoms with Gasteiger partial charge in [-0.1, -0.05) is 11.2 Å². The van der Waals surface area contributed by atoms with Gasteiger partial charge >= 0.3 is 0 Å². The van der Waals surface area contributed by atoms with Gasteiger partial charge in [-0.15, -0.1) is 0 Å². The summed E-state index contributed by atoms with van der Waals surface area (Å²) in [6, 6.07) is 8.71. The third-order valence-electron chi connectivity index (χ3n) is 3.17. The lowest BCUT2D eigenvalue weighted by molar-refractivity contribution is -0.862. The summed E-state index contributed by atoms with van der Waals surface area (Å²) in [7, 11) is 3.33. The maximum atomic E-state index is 12.0. The van der Waals surface area contributed by atoms with E-state index >= 15 is 0 Å². The zero-order valence-corrected chi connectivity index (χ0v) is 13.9. The molecule has 2 aromatic rings. The molecule has 0 saturated carbocycles. The van der Waals surface area contributed by atoms with Gasteiger partial charge in [-0.05, 0) is 19.1 Å². The summed E-state index contributed by atoms with van der Waals surface area (Å²) in [5.41, 5.74) is 0.648. The van der Waals surface area contributed by atoms with E-state index in [0.717, 1.165) is 4.90 Å². The van der Waals surface area contributed by atoms with Gasteiger partial charge in [0.1, 0.15) is 11.5 Å². The molecule has 0 aliphatic heterocycles. The highest BCUT2D eigenvalue weighted by Gasteiger charge is 2.15. The summed E-state index contributed by atoms with van der Waals surface area (Å²) < 4.78 is 9.98. The fourth-order valence-electron chi connectivity index (χ4n) is 2.13. The first kappa shape index (κ1) is 17.5. The van der Waals surface area contributed by atoms with Gasteiger partial charge in [0.05, 0.1) is 14.2 Å². The van der Waals surface area contributed by atoms with E-state index in [1.807, 2.05) is 0 Å². The Balaban J connectivity index is 1.79. The van der Waals surface area contributed by atoms with E-state index in [1.54, 1.807) is 51.4 Å². The zero-order chi connectivity index (χ0) is 17.5. The molecule has 8 heteroatoms. The molecule has 1 atom stereocenters. The highest BCUT2D eigenvalue weighted by Crippen LogP contribution is 2.16. The summed E-state index contributed by atoms with van der Waals surface area (Å²) in [6.45, 7) is 2.03. The lowest BCUT2D eigenvalue weighted by Gasteiger charge is -2.13. The van der Waals surface area contributed by atoms with Crippen LogP contribution in [0.4, 0.5) is 11.5 Å². The van der Waals surface area contributed by atoms with Crippen LogP contribution in [0.25, 0.3) is 0 Å². The second-order valence-corrected chi connectivity index (χ2v) is 5.46. The standard InChI is InChI=1S/C16H20N4O4/c1-11-7-14(19-24-11)18-16(22)10-20(2)9-15(21)17-12-5-4-6-13(8-12)23-3/h4-8H,9-10H2,1-3H3,(H,17,21)(H,18,19,22)/p+1. The van der Waals surface area contributed by atoms with Crippen molar-refractivity contribution in [1.82, 2.24) is 5.16 Å². The van der Waals surface area contributed by atoms with Crippen LogP contribution in [0, 0.1) is 6.92 Å². The molecule has 24 heavy (non-hydrogen) atoms. The number of hydrogen-bond acceptors (Lipinski definition) is 5. The number of likely N-dealkylation sites (N-methyl/N-ethyl adjacent to an activating group) is 1. The van der Waals surface area contributed by atoms with Crippen LogP contribution in [0.5, 0.6) is 5.75 Å². The van der Waals surface area contributed by atoms with Crippen LogP contribution >= 0.6 is 0 Å². The van der Waals surface area contributed by atoms with E-state index in [4.69, 9.17) is 9.26 Å². The normalized spacial score (nSPS) is 11.6. The van der Waals surface area contributed by atoms with Crippen molar-refractivity contribution in [3.05, 3.63) is 36.1 Å². The smallest absolute Gasteiger partial charge is 0.280 e. The zero-order valence-electron chi connectivity index (χ0n) is 13.9. The molecule has 1 aromatic carbocycles. The largest absolute Gasteiger partial charge is 0.497 e. The van der Waals surface area contributed by atoms with E-state index in [1.165, 1.54) is 0 Å². The first-order chi connectivity index (χ1) is 11.5. The number of aryl methyl sites for hydroxylation is 1. The number of carbonyl (C=O) groups is 2. The van der Waals surface area contributed by atoms with Crippen LogP contribution in [0.15, 0.2) is 34.9 Å². The van der Waals surface area contributed by atoms with Gasteiger partial charge in [-0.2, -0.15) is 0 Å². The van der Waals surface area contributed by atoms with Crippen molar-refractivity contribution in [3.8, 4) is 5.75 Å². The maximum absolute atomic E-state index is 12.0. The molecular weight excluding hydrogens is 312 g/mol. The molecule has 128 valence electrons. The number of anilines is 2. The number of hydrogen-bond donors (Lipinski definition) is 3. The Morgan fingerprint density at radius 3 is 2.54 bits per heavy atom. The molecule has 0 radical (unpaired) electrons. The Hall–Kier alpha value is -2.87. The van der Waals surface area contributed by atoms with Gasteiger partial charge in [-0.25, -0.2) is 0 Å². The Labute approximate surface area is 139 Å². The predicted octanol–water partition coefficient (Wildman–Crippen LogP) is 0.0835. The quantitative estimate of drug-likeness (QED) is 0.667. The van der Waals surface area contributed by atoms with Gasteiger partial charge in [0.15, 0.2) is 18.9 Å². The number of amides is 2. The van der Waals surface area contributed by atoms with Crippen molar-refractivity contribution < 1.29 is 23.7 Å². The average molecular weight is 333 g/mol. The van der Waals surface area contributed by atoms with Gasteiger partial charge in [-0.3, -0.25) is 9.59 Å². The molecule has 0 spiro atoms. The number of carbonyl (C=O) groups excluding carboxylic acids is 2. The van der Waals surface area contributed by atoms with Crippen molar-refractivity contribution >= 4 is 23.3 Å². The Kier molecular flexibility index (Phi) is 5.91. The topological polar surface area (TPSA) is 97.9 Å². The van der Waals surface area contributed by atoms with Crippen LogP contribution in [0.1, 0.15) is 5.76 Å². The second-order valence-electron chi connectivity index (χ2n) is 5.46. The van der Waals surface area contributed by atoms with E-state index in [-0.39, 0.29) is 24.9 Å². The number of quaternary nitrogens is 1. The average Bonchev–Trinajstić information content (AvgIpc) is 2.91. The molecule has 0 fully saturated rings. The minimum Gasteiger partial charge on any atom is -0.497 e. The first-order valence-electron chi connectivity index (χ1n) is 7.44. The number of nitrogens with one attached hydrogen (secondary N) is 3. The van der Waals surface area contributed by atoms with Crippen LogP contribution in [-0.2, 0) is 9.59 Å². The van der Waals surface area contributed by atoms with E-state index < -0.39 is 0 Å². The number of ether oxygens (including phenoxy) is 1. The van der Waals surface area contributed by atoms with Crippen LogP contribution in [0.3, 0.4) is 0 Å². The molecule has 2 amide bonds. The lowest BCUT2D eigenvalue weighted by Crippen LogP contribution is -3.11. The second kappa shape index (κ2) is 8.11. The van der Waals surface area contributed by atoms with Gasteiger partial charge in [0.2, 0.25) is 0 Å². The summed E-state index contributed by atoms with van der Waals surface area (Å²) >= 11 is 0. The Bertz CT molecular complexity index is 714. The minimum atomic E-state index is -0.241. The Morgan fingerprint density at radius 2 is 1.92 bits per heavy atom. The summed E-state index contributed by atoms with van der Waals surface area (Å²) in [4.78, 5) is 24.7. The minimum absolute atomic E-state index is 0.136. The monoisotopic (exact) mass is 333 g/mol. The van der Waals surface area contributed by atoms with Crippen LogP contribution in [-0.4, -0.2) is 44.2 Å². The van der Waals surface area contributed by atoms with Gasteiger partial charge in [0, 0.05) is 17.8 Å². The maximum Gasteiger partial charge on any atom is 0.280 e.